The molecule has 0 N–H and O–H groups in total. The van der Waals surface area contributed by atoms with E-state index in [4.69, 9.17) is 0 Å². The van der Waals surface area contributed by atoms with Gasteiger partial charge in [0.1, 0.15) is 6.20 Å². The summed E-state index contributed by atoms with van der Waals surface area (Å²) < 4.78 is 1.31. The zero-order valence-corrected chi connectivity index (χ0v) is 21.2. The number of carbonyl (C=O) groups is 1. The topological polar surface area (TPSA) is 180 Å². The van der Waals surface area contributed by atoms with Crippen molar-refractivity contribution < 1.29 is 19.6 Å². The number of hydrogen-bond acceptors (Lipinski definition) is 9. The molecule has 2 aromatic carbocycles. The molecule has 0 bridgehead atoms. The zero-order chi connectivity index (χ0) is 28.6. The summed E-state index contributed by atoms with van der Waals surface area (Å²) in [6.07, 6.45) is 5.13. The second kappa shape index (κ2) is 10.5. The first-order valence-electron chi connectivity index (χ1n) is 12.5. The van der Waals surface area contributed by atoms with E-state index in [9.17, 15) is 35.1 Å². The minimum absolute atomic E-state index is 0.0370. The molecule has 2 heterocycles. The maximum Gasteiger partial charge on any atom is 0.320 e. The number of nitrogens with zero attached hydrogens (tertiary/aromatic N) is 7. The van der Waals surface area contributed by atoms with Crippen molar-refractivity contribution in [1.82, 2.24) is 14.8 Å². The van der Waals surface area contributed by atoms with E-state index < -0.39 is 32.4 Å². The third kappa shape index (κ3) is 4.81. The van der Waals surface area contributed by atoms with Crippen LogP contribution in [0.4, 0.5) is 17.1 Å². The summed E-state index contributed by atoms with van der Waals surface area (Å²) in [4.78, 5) is 46.1. The summed E-state index contributed by atoms with van der Waals surface area (Å²) >= 11 is 0. The van der Waals surface area contributed by atoms with Crippen LogP contribution in [0, 0.1) is 36.3 Å². The van der Waals surface area contributed by atoms with Gasteiger partial charge >= 0.3 is 11.6 Å². The Bertz CT molecular complexity index is 1580. The lowest BCUT2D eigenvalue weighted by molar-refractivity contribution is -0.385. The number of non-ortho nitro benzene ring substituents is 2. The van der Waals surface area contributed by atoms with Gasteiger partial charge in [0, 0.05) is 36.7 Å². The lowest BCUT2D eigenvalue weighted by atomic mass is 9.77. The molecular formula is C26H23N7O7. The molecule has 0 radical (unpaired) electrons. The highest BCUT2D eigenvalue weighted by molar-refractivity contribution is 6.09. The Hall–Kier alpha value is -5.27. The molecule has 1 fully saturated rings. The van der Waals surface area contributed by atoms with Crippen molar-refractivity contribution >= 4 is 34.8 Å². The number of carbonyl (C=O) groups excluding carboxylic acids is 1. The molecule has 40 heavy (non-hydrogen) atoms. The van der Waals surface area contributed by atoms with Crippen molar-refractivity contribution in [2.45, 2.75) is 38.8 Å². The number of nitro benzene ring substituents is 2. The van der Waals surface area contributed by atoms with Crippen molar-refractivity contribution in [3.63, 3.8) is 0 Å². The van der Waals surface area contributed by atoms with Crippen LogP contribution in [0.2, 0.25) is 0 Å². The van der Waals surface area contributed by atoms with E-state index in [1.165, 1.54) is 40.2 Å². The SMILES string of the molecule is CCn1cc([N+](=O)[O-])c(C(=O)N2N=C3/C(=C/c4ccc([N+](=O)[O-])cc4)CCC[C@@H]3[C@@H]2c2ccc([N+](=O)[O-])cc2)n1. The molecule has 1 aliphatic heterocycles. The van der Waals surface area contributed by atoms with E-state index in [-0.39, 0.29) is 23.0 Å². The summed E-state index contributed by atoms with van der Waals surface area (Å²) in [5.41, 5.74) is 1.84. The summed E-state index contributed by atoms with van der Waals surface area (Å²) in [6, 6.07) is 11.2. The second-order valence-electron chi connectivity index (χ2n) is 9.42. The Morgan fingerprint density at radius 1 is 0.975 bits per heavy atom. The van der Waals surface area contributed by atoms with Gasteiger partial charge in [-0.15, -0.1) is 0 Å². The van der Waals surface area contributed by atoms with Gasteiger partial charge in [0.05, 0.1) is 26.5 Å². The van der Waals surface area contributed by atoms with Crippen LogP contribution in [-0.2, 0) is 6.54 Å². The number of benzene rings is 2. The van der Waals surface area contributed by atoms with Crippen molar-refractivity contribution in [3.8, 4) is 0 Å². The molecule has 14 nitrogen and oxygen atoms in total. The molecule has 1 aromatic heterocycles. The molecule has 2 atom stereocenters. The van der Waals surface area contributed by atoms with Crippen LogP contribution in [0.1, 0.15) is 53.8 Å². The van der Waals surface area contributed by atoms with Gasteiger partial charge in [-0.2, -0.15) is 10.2 Å². The van der Waals surface area contributed by atoms with Gasteiger partial charge in [0.25, 0.3) is 11.4 Å². The van der Waals surface area contributed by atoms with Crippen LogP contribution < -0.4 is 0 Å². The van der Waals surface area contributed by atoms with Gasteiger partial charge in [-0.3, -0.25) is 39.8 Å². The van der Waals surface area contributed by atoms with Gasteiger partial charge in [0.15, 0.2) is 0 Å². The van der Waals surface area contributed by atoms with Crippen LogP contribution >= 0.6 is 0 Å². The highest BCUT2D eigenvalue weighted by Crippen LogP contribution is 2.45. The quantitative estimate of drug-likeness (QED) is 0.291. The van der Waals surface area contributed by atoms with Crippen molar-refractivity contribution in [3.05, 3.63) is 107 Å². The highest BCUT2D eigenvalue weighted by atomic mass is 16.6. The average Bonchev–Trinajstić information content (AvgIpc) is 3.56. The van der Waals surface area contributed by atoms with E-state index >= 15 is 0 Å². The van der Waals surface area contributed by atoms with Crippen LogP contribution in [0.15, 0.2) is 65.4 Å². The number of fused-ring (bicyclic) bond motifs is 1. The largest absolute Gasteiger partial charge is 0.320 e. The fourth-order valence-corrected chi connectivity index (χ4v) is 5.16. The van der Waals surface area contributed by atoms with E-state index in [0.717, 1.165) is 17.6 Å². The standard InChI is InChI=1S/C26H23N7O7/c1-2-29-15-22(33(39)40)24(27-29)26(34)30-25(17-8-12-20(13-9-17)32(37)38)21-5-3-4-18(23(21)28-30)14-16-6-10-19(11-7-16)31(35)36/h6-15,21,25H,2-5H2,1H3/b18-14+/t21-,25-/m0/s1. The molecule has 3 aromatic rings. The first-order chi connectivity index (χ1) is 19.2. The van der Waals surface area contributed by atoms with Gasteiger partial charge in [0.2, 0.25) is 5.69 Å². The van der Waals surface area contributed by atoms with E-state index in [1.54, 1.807) is 31.2 Å². The fourth-order valence-electron chi connectivity index (χ4n) is 5.16. The Kier molecular flexibility index (Phi) is 6.90. The summed E-state index contributed by atoms with van der Waals surface area (Å²) in [6.45, 7) is 2.06. The Morgan fingerprint density at radius 2 is 1.60 bits per heavy atom. The summed E-state index contributed by atoms with van der Waals surface area (Å²) in [5.74, 6) is -1.03. The monoisotopic (exact) mass is 545 g/mol. The normalized spacial score (nSPS) is 19.3. The van der Waals surface area contributed by atoms with Crippen LogP contribution in [0.5, 0.6) is 0 Å². The molecule has 14 heteroatoms. The summed E-state index contributed by atoms with van der Waals surface area (Å²) in [7, 11) is 0. The minimum Gasteiger partial charge on any atom is -0.265 e. The van der Waals surface area contributed by atoms with Crippen molar-refractivity contribution in [2.24, 2.45) is 11.0 Å². The van der Waals surface area contributed by atoms with Gasteiger partial charge in [-0.05, 0) is 61.1 Å². The predicted octanol–water partition coefficient (Wildman–Crippen LogP) is 5.06. The van der Waals surface area contributed by atoms with Crippen molar-refractivity contribution in [1.29, 1.82) is 0 Å². The summed E-state index contributed by atoms with van der Waals surface area (Å²) in [5, 5.41) is 44.0. The molecule has 1 aliphatic carbocycles. The molecule has 0 spiro atoms. The zero-order valence-electron chi connectivity index (χ0n) is 21.2. The van der Waals surface area contributed by atoms with Crippen LogP contribution in [-0.4, -0.2) is 41.2 Å². The van der Waals surface area contributed by atoms with Crippen LogP contribution in [0.3, 0.4) is 0 Å². The van der Waals surface area contributed by atoms with Gasteiger partial charge in [-0.25, -0.2) is 5.01 Å². The fraction of sp³-hybridized carbons (Fsp3) is 0.269. The number of allylic oxidation sites excluding steroid dienone is 1. The number of rotatable bonds is 7. The second-order valence-corrected chi connectivity index (χ2v) is 9.42. The number of hydrogen-bond donors (Lipinski definition) is 0. The molecule has 2 aliphatic rings. The lowest BCUT2D eigenvalue weighted by Crippen LogP contribution is -2.32. The Labute approximate surface area is 226 Å². The number of aromatic nitrogens is 2. The lowest BCUT2D eigenvalue weighted by Gasteiger charge is -2.29. The smallest absolute Gasteiger partial charge is 0.265 e. The first kappa shape index (κ1) is 26.3. The molecule has 0 unspecified atom stereocenters. The average molecular weight is 546 g/mol. The molecule has 204 valence electrons. The maximum absolute atomic E-state index is 13.8. The Morgan fingerprint density at radius 3 is 2.17 bits per heavy atom. The number of nitro groups is 3. The molecular weight excluding hydrogens is 522 g/mol. The van der Waals surface area contributed by atoms with Crippen LogP contribution in [0.25, 0.3) is 6.08 Å². The number of amides is 1. The van der Waals surface area contributed by atoms with Crippen molar-refractivity contribution in [2.75, 3.05) is 0 Å². The molecule has 5 rings (SSSR count). The van der Waals surface area contributed by atoms with Gasteiger partial charge in [-0.1, -0.05) is 12.1 Å². The van der Waals surface area contributed by atoms with E-state index in [0.29, 0.717) is 30.7 Å². The maximum atomic E-state index is 13.8. The number of hydrazone groups is 1. The van der Waals surface area contributed by atoms with Gasteiger partial charge < -0.3 is 0 Å². The first-order valence-corrected chi connectivity index (χ1v) is 12.5. The van der Waals surface area contributed by atoms with E-state index in [2.05, 4.69) is 10.2 Å². The third-order valence-corrected chi connectivity index (χ3v) is 7.07. The molecule has 0 saturated heterocycles. The molecule has 1 amide bonds. The Balaban J connectivity index is 1.59. The number of aryl methyl sites for hydroxylation is 1. The molecule has 1 saturated carbocycles. The highest BCUT2D eigenvalue weighted by Gasteiger charge is 2.46. The predicted molar refractivity (Wildman–Crippen MR) is 142 cm³/mol. The van der Waals surface area contributed by atoms with E-state index in [1.807, 2.05) is 6.08 Å². The minimum atomic E-state index is -0.751. The third-order valence-electron chi connectivity index (χ3n) is 7.07.